The van der Waals surface area contributed by atoms with E-state index in [1.807, 2.05) is 0 Å². The van der Waals surface area contributed by atoms with Gasteiger partial charge in [-0.3, -0.25) is 4.79 Å². The van der Waals surface area contributed by atoms with Crippen LogP contribution in [0.15, 0.2) is 0 Å². The van der Waals surface area contributed by atoms with Crippen LogP contribution in [0.1, 0.15) is 23.2 Å². The van der Waals surface area contributed by atoms with Crippen LogP contribution < -0.4 is 16.4 Å². The van der Waals surface area contributed by atoms with Gasteiger partial charge in [0, 0.05) is 19.0 Å². The van der Waals surface area contributed by atoms with Gasteiger partial charge in [-0.25, -0.2) is 4.79 Å². The van der Waals surface area contributed by atoms with E-state index in [2.05, 4.69) is 19.7 Å². The van der Waals surface area contributed by atoms with E-state index in [1.54, 1.807) is 0 Å². The van der Waals surface area contributed by atoms with Crippen molar-refractivity contribution in [2.24, 2.45) is 5.92 Å². The molecule has 0 aromatic carbocycles. The number of esters is 1. The maximum Gasteiger partial charge on any atom is 0.344 e. The maximum absolute atomic E-state index is 11.5. The fourth-order valence-corrected chi connectivity index (χ4v) is 2.30. The molecule has 4 N–H and O–H groups in total. The van der Waals surface area contributed by atoms with Crippen molar-refractivity contribution in [1.82, 2.24) is 9.69 Å². The van der Waals surface area contributed by atoms with Crippen LogP contribution in [0.5, 0.6) is 0 Å². The van der Waals surface area contributed by atoms with E-state index in [4.69, 9.17) is 5.73 Å². The first-order valence-electron chi connectivity index (χ1n) is 5.98. The van der Waals surface area contributed by atoms with Crippen LogP contribution in [0.2, 0.25) is 0 Å². The number of nitrogens with zero attached hydrogens (tertiary/aromatic N) is 1. The average molecular weight is 284 g/mol. The number of nitrogens with two attached hydrogens (primary N) is 1. The Hall–Kier alpha value is -1.83. The molecule has 1 saturated carbocycles. The summed E-state index contributed by atoms with van der Waals surface area (Å²) in [5.41, 5.74) is 5.86. The molecule has 0 aliphatic heterocycles. The van der Waals surface area contributed by atoms with Gasteiger partial charge in [-0.2, -0.15) is 4.37 Å². The highest BCUT2D eigenvalue weighted by Crippen LogP contribution is 2.29. The van der Waals surface area contributed by atoms with Crippen molar-refractivity contribution in [1.29, 1.82) is 0 Å². The van der Waals surface area contributed by atoms with Gasteiger partial charge >= 0.3 is 5.97 Å². The van der Waals surface area contributed by atoms with E-state index in [0.29, 0.717) is 18.1 Å². The number of rotatable bonds is 6. The molecule has 1 fully saturated rings. The summed E-state index contributed by atoms with van der Waals surface area (Å²) in [6, 6.07) is 0. The normalized spacial score (nSPS) is 13.9. The third-order valence-electron chi connectivity index (χ3n) is 2.77. The molecule has 0 atom stereocenters. The number of hydrogen-bond donors (Lipinski definition) is 3. The Labute approximate surface area is 114 Å². The third kappa shape index (κ3) is 3.34. The number of aromatic nitrogens is 1. The van der Waals surface area contributed by atoms with E-state index in [-0.39, 0.29) is 23.2 Å². The standard InChI is InChI=1S/C11H16N4O3S/c1-18-11(17)7-8(12)15-19-10(7)14-5-4-13-9(16)6-2-3-6/h6,14H,2-5H2,1H3,(H2,12,15)(H,13,16). The minimum Gasteiger partial charge on any atom is -0.465 e. The van der Waals surface area contributed by atoms with Crippen molar-refractivity contribution >= 4 is 34.2 Å². The van der Waals surface area contributed by atoms with Gasteiger partial charge in [0.05, 0.1) is 7.11 Å². The third-order valence-corrected chi connectivity index (χ3v) is 3.58. The first-order valence-corrected chi connectivity index (χ1v) is 6.76. The Bertz CT molecular complexity index is 484. The second-order valence-corrected chi connectivity index (χ2v) is 5.03. The average Bonchev–Trinajstić information content (AvgIpc) is 3.18. The topological polar surface area (TPSA) is 106 Å². The number of amides is 1. The van der Waals surface area contributed by atoms with Crippen LogP contribution in [0, 0.1) is 5.92 Å². The van der Waals surface area contributed by atoms with Gasteiger partial charge in [-0.05, 0) is 24.4 Å². The van der Waals surface area contributed by atoms with Crippen LogP contribution in [0.3, 0.4) is 0 Å². The highest BCUT2D eigenvalue weighted by Gasteiger charge is 2.29. The molecule has 0 unspecified atom stereocenters. The van der Waals surface area contributed by atoms with Crippen molar-refractivity contribution in [3.8, 4) is 0 Å². The fraction of sp³-hybridized carbons (Fsp3) is 0.545. The second kappa shape index (κ2) is 5.87. The SMILES string of the molecule is COC(=O)c1c(N)nsc1NCCNC(=O)C1CC1. The van der Waals surface area contributed by atoms with Gasteiger partial charge in [0.25, 0.3) is 0 Å². The highest BCUT2D eigenvalue weighted by molar-refractivity contribution is 7.11. The fourth-order valence-electron chi connectivity index (χ4n) is 1.57. The zero-order valence-electron chi connectivity index (χ0n) is 10.6. The Morgan fingerprint density at radius 1 is 1.47 bits per heavy atom. The van der Waals surface area contributed by atoms with E-state index in [0.717, 1.165) is 24.4 Å². The van der Waals surface area contributed by atoms with E-state index in [9.17, 15) is 9.59 Å². The van der Waals surface area contributed by atoms with Gasteiger partial charge in [0.15, 0.2) is 5.82 Å². The van der Waals surface area contributed by atoms with Gasteiger partial charge in [0.2, 0.25) is 5.91 Å². The van der Waals surface area contributed by atoms with E-state index >= 15 is 0 Å². The largest absolute Gasteiger partial charge is 0.465 e. The van der Waals surface area contributed by atoms with Crippen molar-refractivity contribution in [2.45, 2.75) is 12.8 Å². The Morgan fingerprint density at radius 2 is 2.21 bits per heavy atom. The highest BCUT2D eigenvalue weighted by atomic mass is 32.1. The number of ether oxygens (including phenoxy) is 1. The van der Waals surface area contributed by atoms with Gasteiger partial charge in [-0.15, -0.1) is 0 Å². The number of hydrogen-bond acceptors (Lipinski definition) is 7. The molecule has 0 spiro atoms. The summed E-state index contributed by atoms with van der Waals surface area (Å²) in [5.74, 6) is -0.0689. The quantitative estimate of drug-likeness (QED) is 0.517. The molecule has 1 amide bonds. The molecule has 1 aliphatic carbocycles. The first kappa shape index (κ1) is 13.6. The molecule has 104 valence electrons. The molecule has 0 bridgehead atoms. The molecule has 8 heteroatoms. The number of methoxy groups -OCH3 is 1. The van der Waals surface area contributed by atoms with Gasteiger partial charge in [0.1, 0.15) is 10.6 Å². The van der Waals surface area contributed by atoms with Crippen LogP contribution in [-0.2, 0) is 9.53 Å². The zero-order valence-corrected chi connectivity index (χ0v) is 11.4. The number of carbonyl (C=O) groups is 2. The predicted molar refractivity (Wildman–Crippen MR) is 72.1 cm³/mol. The first-order chi connectivity index (χ1) is 9.13. The molecule has 1 aromatic rings. The van der Waals surface area contributed by atoms with Crippen molar-refractivity contribution < 1.29 is 14.3 Å². The van der Waals surface area contributed by atoms with Crippen molar-refractivity contribution in [3.63, 3.8) is 0 Å². The monoisotopic (exact) mass is 284 g/mol. The van der Waals surface area contributed by atoms with Gasteiger partial charge in [-0.1, -0.05) is 0 Å². The lowest BCUT2D eigenvalue weighted by atomic mass is 10.3. The van der Waals surface area contributed by atoms with Gasteiger partial charge < -0.3 is 21.1 Å². The summed E-state index contributed by atoms with van der Waals surface area (Å²) >= 11 is 1.10. The van der Waals surface area contributed by atoms with Crippen LogP contribution in [0.25, 0.3) is 0 Å². The lowest BCUT2D eigenvalue weighted by Gasteiger charge is -2.07. The molecule has 7 nitrogen and oxygen atoms in total. The number of nitrogen functional groups attached to an aromatic ring is 1. The summed E-state index contributed by atoms with van der Waals surface area (Å²) in [7, 11) is 1.29. The summed E-state index contributed by atoms with van der Waals surface area (Å²) in [6.07, 6.45) is 1.97. The Morgan fingerprint density at radius 3 is 2.84 bits per heavy atom. The molecule has 1 heterocycles. The molecular formula is C11H16N4O3S. The molecule has 1 aromatic heterocycles. The lowest BCUT2D eigenvalue weighted by molar-refractivity contribution is -0.122. The molecular weight excluding hydrogens is 268 g/mol. The number of anilines is 2. The van der Waals surface area contributed by atoms with Crippen molar-refractivity contribution in [2.75, 3.05) is 31.2 Å². The van der Waals surface area contributed by atoms with E-state index in [1.165, 1.54) is 7.11 Å². The second-order valence-electron chi connectivity index (χ2n) is 4.26. The molecule has 0 saturated heterocycles. The van der Waals surface area contributed by atoms with Crippen LogP contribution >= 0.6 is 11.5 Å². The summed E-state index contributed by atoms with van der Waals surface area (Å²) in [5, 5.41) is 6.40. The van der Waals surface area contributed by atoms with Crippen molar-refractivity contribution in [3.05, 3.63) is 5.56 Å². The smallest absolute Gasteiger partial charge is 0.344 e. The molecule has 19 heavy (non-hydrogen) atoms. The van der Waals surface area contributed by atoms with Crippen LogP contribution in [0.4, 0.5) is 10.8 Å². The number of carbonyl (C=O) groups excluding carboxylic acids is 2. The Kier molecular flexibility index (Phi) is 4.20. The molecule has 0 radical (unpaired) electrons. The maximum atomic E-state index is 11.5. The zero-order chi connectivity index (χ0) is 13.8. The summed E-state index contributed by atoms with van der Waals surface area (Å²) in [4.78, 5) is 22.9. The molecule has 2 rings (SSSR count). The number of nitrogens with one attached hydrogen (secondary N) is 2. The predicted octanol–water partition coefficient (Wildman–Crippen LogP) is 0.450. The lowest BCUT2D eigenvalue weighted by Crippen LogP contribution is -2.29. The van der Waals surface area contributed by atoms with Crippen LogP contribution in [-0.4, -0.2) is 36.4 Å². The molecule has 1 aliphatic rings. The summed E-state index contributed by atoms with van der Waals surface area (Å²) < 4.78 is 8.54. The minimum atomic E-state index is -0.518. The van der Waals surface area contributed by atoms with E-state index < -0.39 is 5.97 Å². The minimum absolute atomic E-state index is 0.0961. The summed E-state index contributed by atoms with van der Waals surface area (Å²) in [6.45, 7) is 0.998. The Balaban J connectivity index is 1.82.